The first-order valence-corrected chi connectivity index (χ1v) is 5.67. The first kappa shape index (κ1) is 11.4. The molecule has 17 heavy (non-hydrogen) atoms. The Labute approximate surface area is 100 Å². The van der Waals surface area contributed by atoms with Crippen LogP contribution in [0.2, 0.25) is 0 Å². The molecule has 0 amide bonds. The van der Waals surface area contributed by atoms with Gasteiger partial charge >= 0.3 is 0 Å². The maximum atomic E-state index is 10.6. The molecular weight excluding hydrogens is 214 g/mol. The summed E-state index contributed by atoms with van der Waals surface area (Å²) in [6.07, 6.45) is 8.22. The van der Waals surface area contributed by atoms with E-state index in [4.69, 9.17) is 0 Å². The summed E-state index contributed by atoms with van der Waals surface area (Å²) in [5.74, 6) is 0. The summed E-state index contributed by atoms with van der Waals surface area (Å²) in [5.41, 5.74) is 5.87. The molecule has 2 aromatic heterocycles. The minimum absolute atomic E-state index is 0.653. The van der Waals surface area contributed by atoms with Gasteiger partial charge in [0.15, 0.2) is 6.29 Å². The highest BCUT2D eigenvalue weighted by Crippen LogP contribution is 2.10. The Morgan fingerprint density at radius 3 is 3.06 bits per heavy atom. The van der Waals surface area contributed by atoms with Gasteiger partial charge in [-0.05, 0) is 24.6 Å². The van der Waals surface area contributed by atoms with Crippen molar-refractivity contribution in [1.82, 2.24) is 9.66 Å². The third-order valence-electron chi connectivity index (χ3n) is 2.43. The molecule has 0 aliphatic heterocycles. The van der Waals surface area contributed by atoms with E-state index in [9.17, 15) is 4.79 Å². The predicted molar refractivity (Wildman–Crippen MR) is 67.1 cm³/mol. The van der Waals surface area contributed by atoms with Crippen molar-refractivity contribution < 1.29 is 4.79 Å². The van der Waals surface area contributed by atoms with E-state index in [-0.39, 0.29) is 0 Å². The lowest BCUT2D eigenvalue weighted by Gasteiger charge is -2.08. The third kappa shape index (κ3) is 2.93. The van der Waals surface area contributed by atoms with Crippen molar-refractivity contribution >= 4 is 12.0 Å². The van der Waals surface area contributed by atoms with E-state index < -0.39 is 0 Å². The SMILES string of the molecule is CCCc1cc(Nn2ccc(C=O)c2)ccn1. The van der Waals surface area contributed by atoms with E-state index in [2.05, 4.69) is 17.3 Å². The molecule has 0 fully saturated rings. The van der Waals surface area contributed by atoms with Gasteiger partial charge < -0.3 is 0 Å². The van der Waals surface area contributed by atoms with Gasteiger partial charge in [0.25, 0.3) is 0 Å². The number of pyridine rings is 1. The highest BCUT2D eigenvalue weighted by molar-refractivity contribution is 5.74. The fourth-order valence-electron chi connectivity index (χ4n) is 1.64. The van der Waals surface area contributed by atoms with Crippen LogP contribution in [0.25, 0.3) is 0 Å². The van der Waals surface area contributed by atoms with Crippen molar-refractivity contribution in [1.29, 1.82) is 0 Å². The average molecular weight is 229 g/mol. The van der Waals surface area contributed by atoms with Gasteiger partial charge in [-0.15, -0.1) is 0 Å². The molecule has 0 bridgehead atoms. The number of nitrogens with one attached hydrogen (secondary N) is 1. The van der Waals surface area contributed by atoms with Crippen molar-refractivity contribution in [3.8, 4) is 0 Å². The molecular formula is C13H15N3O. The zero-order valence-electron chi connectivity index (χ0n) is 9.76. The number of aromatic nitrogens is 2. The van der Waals surface area contributed by atoms with Crippen LogP contribution in [-0.4, -0.2) is 15.9 Å². The van der Waals surface area contributed by atoms with E-state index >= 15 is 0 Å². The number of aryl methyl sites for hydroxylation is 1. The highest BCUT2D eigenvalue weighted by Gasteiger charge is 1.98. The second-order valence-electron chi connectivity index (χ2n) is 3.87. The van der Waals surface area contributed by atoms with Gasteiger partial charge in [0.1, 0.15) is 0 Å². The molecule has 0 aromatic carbocycles. The number of hydrogen-bond acceptors (Lipinski definition) is 3. The second kappa shape index (κ2) is 5.30. The largest absolute Gasteiger partial charge is 0.298 e. The van der Waals surface area contributed by atoms with E-state index in [0.29, 0.717) is 5.56 Å². The summed E-state index contributed by atoms with van der Waals surface area (Å²) >= 11 is 0. The maximum Gasteiger partial charge on any atom is 0.151 e. The van der Waals surface area contributed by atoms with E-state index in [1.807, 2.05) is 18.3 Å². The molecule has 2 rings (SSSR count). The molecule has 4 nitrogen and oxygen atoms in total. The van der Waals surface area contributed by atoms with Crippen LogP contribution in [0.3, 0.4) is 0 Å². The number of aldehydes is 1. The van der Waals surface area contributed by atoms with Crippen molar-refractivity contribution in [3.05, 3.63) is 48.0 Å². The van der Waals surface area contributed by atoms with E-state index in [0.717, 1.165) is 30.5 Å². The molecule has 2 aromatic rings. The van der Waals surface area contributed by atoms with Gasteiger partial charge in [-0.1, -0.05) is 13.3 Å². The maximum absolute atomic E-state index is 10.6. The Balaban J connectivity index is 2.12. The van der Waals surface area contributed by atoms with Crippen molar-refractivity contribution in [2.45, 2.75) is 19.8 Å². The Morgan fingerprint density at radius 1 is 1.47 bits per heavy atom. The number of nitrogens with zero attached hydrogens (tertiary/aromatic N) is 2. The fourth-order valence-corrected chi connectivity index (χ4v) is 1.64. The predicted octanol–water partition coefficient (Wildman–Crippen LogP) is 2.52. The minimum Gasteiger partial charge on any atom is -0.298 e. The second-order valence-corrected chi connectivity index (χ2v) is 3.87. The molecule has 0 unspecified atom stereocenters. The van der Waals surface area contributed by atoms with Gasteiger partial charge in [0, 0.05) is 29.8 Å². The topological polar surface area (TPSA) is 46.9 Å². The highest BCUT2D eigenvalue weighted by atomic mass is 16.1. The monoisotopic (exact) mass is 229 g/mol. The Morgan fingerprint density at radius 2 is 2.35 bits per heavy atom. The Hall–Kier alpha value is -2.10. The van der Waals surface area contributed by atoms with Crippen LogP contribution in [0.4, 0.5) is 5.69 Å². The Kier molecular flexibility index (Phi) is 3.55. The molecule has 0 aliphatic carbocycles. The number of anilines is 1. The number of hydrogen-bond donors (Lipinski definition) is 1. The summed E-state index contributed by atoms with van der Waals surface area (Å²) in [4.78, 5) is 14.8. The number of carbonyl (C=O) groups is 1. The lowest BCUT2D eigenvalue weighted by Crippen LogP contribution is -2.06. The van der Waals surface area contributed by atoms with Crippen molar-refractivity contribution in [3.63, 3.8) is 0 Å². The molecule has 0 aliphatic rings. The van der Waals surface area contributed by atoms with Crippen LogP contribution in [0, 0.1) is 0 Å². The van der Waals surface area contributed by atoms with Crippen LogP contribution in [0.5, 0.6) is 0 Å². The first-order chi connectivity index (χ1) is 8.31. The van der Waals surface area contributed by atoms with Gasteiger partial charge in [-0.3, -0.25) is 19.9 Å². The molecule has 88 valence electrons. The summed E-state index contributed by atoms with van der Waals surface area (Å²) in [6.45, 7) is 2.13. The number of carbonyl (C=O) groups excluding carboxylic acids is 1. The standard InChI is InChI=1S/C13H15N3O/c1-2-3-12-8-13(4-6-14-12)15-16-7-5-11(9-16)10-17/h4-10H,2-3H2,1H3,(H,14,15). The fraction of sp³-hybridized carbons (Fsp3) is 0.231. The van der Waals surface area contributed by atoms with Gasteiger partial charge in [-0.25, -0.2) is 0 Å². The van der Waals surface area contributed by atoms with Crippen LogP contribution < -0.4 is 5.43 Å². The van der Waals surface area contributed by atoms with Crippen LogP contribution >= 0.6 is 0 Å². The molecule has 0 saturated heterocycles. The van der Waals surface area contributed by atoms with Crippen LogP contribution in [-0.2, 0) is 6.42 Å². The summed E-state index contributed by atoms with van der Waals surface area (Å²) in [5, 5.41) is 0. The molecule has 0 atom stereocenters. The quantitative estimate of drug-likeness (QED) is 0.801. The lowest BCUT2D eigenvalue weighted by atomic mass is 10.2. The lowest BCUT2D eigenvalue weighted by molar-refractivity contribution is 0.112. The van der Waals surface area contributed by atoms with Gasteiger partial charge in [-0.2, -0.15) is 0 Å². The summed E-state index contributed by atoms with van der Waals surface area (Å²) in [6, 6.07) is 5.68. The van der Waals surface area contributed by atoms with Crippen molar-refractivity contribution in [2.24, 2.45) is 0 Å². The molecule has 1 N–H and O–H groups in total. The average Bonchev–Trinajstić information content (AvgIpc) is 2.78. The molecule has 0 spiro atoms. The Bertz CT molecular complexity index is 505. The van der Waals surface area contributed by atoms with Gasteiger partial charge in [0.05, 0.1) is 5.69 Å². The summed E-state index contributed by atoms with van der Waals surface area (Å²) < 4.78 is 1.76. The van der Waals surface area contributed by atoms with Crippen LogP contribution in [0.1, 0.15) is 29.4 Å². The smallest absolute Gasteiger partial charge is 0.151 e. The number of rotatable bonds is 5. The van der Waals surface area contributed by atoms with Crippen LogP contribution in [0.15, 0.2) is 36.8 Å². The summed E-state index contributed by atoms with van der Waals surface area (Å²) in [7, 11) is 0. The minimum atomic E-state index is 0.653. The first-order valence-electron chi connectivity index (χ1n) is 5.67. The zero-order chi connectivity index (χ0) is 12.1. The van der Waals surface area contributed by atoms with E-state index in [1.54, 1.807) is 23.1 Å². The molecule has 2 heterocycles. The zero-order valence-corrected chi connectivity index (χ0v) is 9.76. The molecule has 0 radical (unpaired) electrons. The van der Waals surface area contributed by atoms with Gasteiger partial charge in [0.2, 0.25) is 0 Å². The third-order valence-corrected chi connectivity index (χ3v) is 2.43. The normalized spacial score (nSPS) is 10.2. The van der Waals surface area contributed by atoms with E-state index in [1.165, 1.54) is 0 Å². The molecule has 4 heteroatoms. The van der Waals surface area contributed by atoms with Crippen molar-refractivity contribution in [2.75, 3.05) is 5.43 Å². The molecule has 0 saturated carbocycles.